The Labute approximate surface area is 183 Å². The van der Waals surface area contributed by atoms with Crippen LogP contribution in [-0.2, 0) is 6.42 Å². The molecule has 0 radical (unpaired) electrons. The van der Waals surface area contributed by atoms with E-state index in [0.29, 0.717) is 0 Å². The second kappa shape index (κ2) is 8.27. The second-order valence-corrected chi connectivity index (χ2v) is 8.21. The van der Waals surface area contributed by atoms with Gasteiger partial charge in [0.2, 0.25) is 0 Å². The van der Waals surface area contributed by atoms with Crippen LogP contribution in [0, 0.1) is 0 Å². The number of nitrogen functional groups attached to an aromatic ring is 1. The number of unbranched alkanes of at least 4 members (excludes halogenated alkanes) is 2. The van der Waals surface area contributed by atoms with Gasteiger partial charge in [-0.15, -0.1) is 0 Å². The van der Waals surface area contributed by atoms with E-state index in [0.717, 1.165) is 40.8 Å². The van der Waals surface area contributed by atoms with Crippen LogP contribution in [0.4, 0.5) is 5.69 Å². The Morgan fingerprint density at radius 3 is 2.16 bits per heavy atom. The Bertz CT molecular complexity index is 1330. The Hall–Kier alpha value is -3.59. The van der Waals surface area contributed by atoms with Crippen LogP contribution in [0.15, 0.2) is 78.9 Å². The number of hydrogen-bond acceptors (Lipinski definition) is 2. The molecule has 154 valence electrons. The predicted octanol–water partition coefficient (Wildman–Crippen LogP) is 7.37. The zero-order valence-corrected chi connectivity index (χ0v) is 17.9. The SMILES string of the molecule is CCCCCc1nc2[nH]c3ccc(-c4ccc(-c5ccccc5)cc4)cc3c2cc1N. The number of aromatic amines is 1. The molecule has 0 aliphatic carbocycles. The topological polar surface area (TPSA) is 54.7 Å². The van der Waals surface area contributed by atoms with E-state index in [-0.39, 0.29) is 0 Å². The number of aryl methyl sites for hydroxylation is 1. The van der Waals surface area contributed by atoms with Gasteiger partial charge in [-0.2, -0.15) is 0 Å². The van der Waals surface area contributed by atoms with E-state index in [9.17, 15) is 0 Å². The van der Waals surface area contributed by atoms with Crippen molar-refractivity contribution < 1.29 is 0 Å². The Balaban J connectivity index is 1.50. The molecular weight excluding hydrogens is 378 g/mol. The zero-order chi connectivity index (χ0) is 21.2. The van der Waals surface area contributed by atoms with E-state index in [1.54, 1.807) is 0 Å². The molecule has 0 saturated carbocycles. The quantitative estimate of drug-likeness (QED) is 0.290. The summed E-state index contributed by atoms with van der Waals surface area (Å²) in [6.07, 6.45) is 4.47. The Kier molecular flexibility index (Phi) is 5.17. The number of fused-ring (bicyclic) bond motifs is 3. The van der Waals surface area contributed by atoms with Crippen molar-refractivity contribution in [3.63, 3.8) is 0 Å². The number of nitrogens with zero attached hydrogens (tertiary/aromatic N) is 1. The van der Waals surface area contributed by atoms with E-state index in [1.807, 2.05) is 6.07 Å². The molecule has 3 aromatic carbocycles. The van der Waals surface area contributed by atoms with Gasteiger partial charge >= 0.3 is 0 Å². The molecule has 0 atom stereocenters. The molecule has 31 heavy (non-hydrogen) atoms. The molecule has 0 fully saturated rings. The number of aromatic nitrogens is 2. The molecule has 5 rings (SSSR count). The highest BCUT2D eigenvalue weighted by Crippen LogP contribution is 2.32. The number of hydrogen-bond donors (Lipinski definition) is 2. The summed E-state index contributed by atoms with van der Waals surface area (Å²) in [5.41, 5.74) is 15.0. The number of nitrogens with two attached hydrogens (primary N) is 1. The van der Waals surface area contributed by atoms with Crippen LogP contribution in [0.1, 0.15) is 31.9 Å². The minimum Gasteiger partial charge on any atom is -0.397 e. The van der Waals surface area contributed by atoms with E-state index >= 15 is 0 Å². The molecule has 2 aromatic heterocycles. The van der Waals surface area contributed by atoms with Crippen molar-refractivity contribution in [1.29, 1.82) is 0 Å². The number of nitrogens with one attached hydrogen (secondary N) is 1. The molecular formula is C28H27N3. The van der Waals surface area contributed by atoms with Crippen molar-refractivity contribution in [3.8, 4) is 22.3 Å². The largest absolute Gasteiger partial charge is 0.397 e. The van der Waals surface area contributed by atoms with Gasteiger partial charge in [-0.1, -0.05) is 80.4 Å². The molecule has 0 saturated heterocycles. The maximum absolute atomic E-state index is 6.36. The first-order valence-corrected chi connectivity index (χ1v) is 11.1. The molecule has 0 unspecified atom stereocenters. The van der Waals surface area contributed by atoms with Gasteiger partial charge in [-0.25, -0.2) is 4.98 Å². The highest BCUT2D eigenvalue weighted by atomic mass is 14.9. The van der Waals surface area contributed by atoms with Crippen molar-refractivity contribution in [1.82, 2.24) is 9.97 Å². The van der Waals surface area contributed by atoms with Crippen molar-refractivity contribution >= 4 is 27.6 Å². The van der Waals surface area contributed by atoms with Gasteiger partial charge in [0.1, 0.15) is 5.65 Å². The highest BCUT2D eigenvalue weighted by Gasteiger charge is 2.11. The van der Waals surface area contributed by atoms with Gasteiger partial charge in [-0.05, 0) is 53.3 Å². The van der Waals surface area contributed by atoms with Crippen LogP contribution >= 0.6 is 0 Å². The summed E-state index contributed by atoms with van der Waals surface area (Å²) in [5, 5.41) is 2.26. The zero-order valence-electron chi connectivity index (χ0n) is 17.9. The number of benzene rings is 3. The average molecular weight is 406 g/mol. The summed E-state index contributed by atoms with van der Waals surface area (Å²) in [6, 6.07) is 27.9. The first kappa shape index (κ1) is 19.4. The van der Waals surface area contributed by atoms with E-state index in [2.05, 4.69) is 84.7 Å². The van der Waals surface area contributed by atoms with Crippen LogP contribution < -0.4 is 5.73 Å². The van der Waals surface area contributed by atoms with Crippen molar-refractivity contribution in [2.24, 2.45) is 0 Å². The molecule has 3 nitrogen and oxygen atoms in total. The standard InChI is InChI=1S/C28H27N3/c1-2-3-5-10-27-25(29)18-24-23-17-22(15-16-26(23)30-28(24)31-27)21-13-11-20(12-14-21)19-8-6-4-7-9-19/h4,6-9,11-18H,2-3,5,10,29H2,1H3,(H,30,31). The molecule has 2 heterocycles. The molecule has 0 spiro atoms. The summed E-state index contributed by atoms with van der Waals surface area (Å²) < 4.78 is 0. The maximum atomic E-state index is 6.36. The normalized spacial score (nSPS) is 11.4. The highest BCUT2D eigenvalue weighted by molar-refractivity contribution is 6.08. The summed E-state index contributed by atoms with van der Waals surface area (Å²) in [5.74, 6) is 0. The molecule has 3 N–H and O–H groups in total. The van der Waals surface area contributed by atoms with Crippen molar-refractivity contribution in [3.05, 3.63) is 84.6 Å². The van der Waals surface area contributed by atoms with Crippen LogP contribution in [0.2, 0.25) is 0 Å². The first-order valence-electron chi connectivity index (χ1n) is 11.1. The van der Waals surface area contributed by atoms with Crippen LogP contribution in [0.25, 0.3) is 44.2 Å². The Morgan fingerprint density at radius 2 is 1.42 bits per heavy atom. The van der Waals surface area contributed by atoms with Gasteiger partial charge in [0.25, 0.3) is 0 Å². The predicted molar refractivity (Wildman–Crippen MR) is 132 cm³/mol. The third-order valence-corrected chi connectivity index (χ3v) is 6.04. The first-order chi connectivity index (χ1) is 15.2. The monoisotopic (exact) mass is 405 g/mol. The summed E-state index contributed by atoms with van der Waals surface area (Å²) in [7, 11) is 0. The number of rotatable bonds is 6. The van der Waals surface area contributed by atoms with E-state index in [1.165, 1.54) is 40.5 Å². The lowest BCUT2D eigenvalue weighted by Crippen LogP contribution is -1.98. The van der Waals surface area contributed by atoms with Gasteiger partial charge in [-0.3, -0.25) is 0 Å². The minimum atomic E-state index is 0.794. The minimum absolute atomic E-state index is 0.794. The fourth-order valence-corrected chi connectivity index (χ4v) is 4.28. The summed E-state index contributed by atoms with van der Waals surface area (Å²) in [6.45, 7) is 2.21. The van der Waals surface area contributed by atoms with Gasteiger partial charge in [0.15, 0.2) is 0 Å². The smallest absolute Gasteiger partial charge is 0.138 e. The average Bonchev–Trinajstić information content (AvgIpc) is 3.16. The van der Waals surface area contributed by atoms with Crippen LogP contribution in [0.3, 0.4) is 0 Å². The molecule has 0 amide bonds. The van der Waals surface area contributed by atoms with Gasteiger partial charge in [0.05, 0.1) is 11.4 Å². The molecule has 0 bridgehead atoms. The lowest BCUT2D eigenvalue weighted by atomic mass is 9.99. The van der Waals surface area contributed by atoms with E-state index < -0.39 is 0 Å². The third-order valence-electron chi connectivity index (χ3n) is 6.04. The molecule has 0 aliphatic heterocycles. The van der Waals surface area contributed by atoms with E-state index in [4.69, 9.17) is 10.7 Å². The second-order valence-electron chi connectivity index (χ2n) is 8.21. The summed E-state index contributed by atoms with van der Waals surface area (Å²) >= 11 is 0. The molecule has 5 aromatic rings. The van der Waals surface area contributed by atoms with Crippen molar-refractivity contribution in [2.45, 2.75) is 32.6 Å². The number of H-pyrrole nitrogens is 1. The maximum Gasteiger partial charge on any atom is 0.138 e. The fraction of sp³-hybridized carbons (Fsp3) is 0.179. The van der Waals surface area contributed by atoms with Crippen molar-refractivity contribution in [2.75, 3.05) is 5.73 Å². The number of pyridine rings is 1. The van der Waals surface area contributed by atoms with Crippen LogP contribution in [0.5, 0.6) is 0 Å². The third kappa shape index (κ3) is 3.79. The lowest BCUT2D eigenvalue weighted by Gasteiger charge is -2.06. The summed E-state index contributed by atoms with van der Waals surface area (Å²) in [4.78, 5) is 8.33. The van der Waals surface area contributed by atoms with Gasteiger partial charge in [0, 0.05) is 16.3 Å². The fourth-order valence-electron chi connectivity index (χ4n) is 4.28. The Morgan fingerprint density at radius 1 is 0.742 bits per heavy atom. The van der Waals surface area contributed by atoms with Gasteiger partial charge < -0.3 is 10.7 Å². The molecule has 3 heteroatoms. The molecule has 0 aliphatic rings. The van der Waals surface area contributed by atoms with Crippen LogP contribution in [-0.4, -0.2) is 9.97 Å². The lowest BCUT2D eigenvalue weighted by molar-refractivity contribution is 0.710. The number of anilines is 1.